The van der Waals surface area contributed by atoms with Gasteiger partial charge >= 0.3 is 7.82 Å². The van der Waals surface area contributed by atoms with Crippen LogP contribution in [0.3, 0.4) is 0 Å². The first-order valence-electron chi connectivity index (χ1n) is 17.8. The van der Waals surface area contributed by atoms with E-state index >= 15 is 0 Å². The molecule has 0 aliphatic rings. The van der Waals surface area contributed by atoms with E-state index in [0.29, 0.717) is 19.3 Å². The molecule has 0 heterocycles. The van der Waals surface area contributed by atoms with Gasteiger partial charge in [-0.05, 0) is 36.0 Å². The Morgan fingerprint density at radius 2 is 0.760 bits per heavy atom. The summed E-state index contributed by atoms with van der Waals surface area (Å²) in [6.07, 6.45) is 5.83. The molecule has 11 heteroatoms. The highest BCUT2D eigenvalue weighted by atomic mass is 31.2. The Morgan fingerprint density at radius 3 is 1.00 bits per heavy atom. The highest BCUT2D eigenvalue weighted by Crippen LogP contribution is 2.51. The molecular formula is C39H54N3O7P. The standard InChI is InChI=1S/C39H54N3O7P/c1-4-7-25-37(43)40-34(31-19-13-10-14-20-31)28-47-50(46,48-29-35(32-21-15-11-16-22-32)41-38(44)26-8-5-2)49-30-36(33-23-17-12-18-24-33)42-39(45)27-9-6-3/h10-24,34-36H,4-9,25-30H2,1-3H3,(H,40,43)(H,41,44)(H,42,45)/t34-,35-,36-/m0/s1. The van der Waals surface area contributed by atoms with Gasteiger partial charge in [0.2, 0.25) is 17.7 Å². The number of carbonyl (C=O) groups excluding carboxylic acids is 3. The van der Waals surface area contributed by atoms with Crippen LogP contribution in [-0.4, -0.2) is 37.5 Å². The molecule has 0 aromatic heterocycles. The first-order valence-corrected chi connectivity index (χ1v) is 19.3. The van der Waals surface area contributed by atoms with E-state index in [1.807, 2.05) is 112 Å². The molecule has 0 aliphatic carbocycles. The van der Waals surface area contributed by atoms with Gasteiger partial charge in [0.05, 0.1) is 37.9 Å². The highest BCUT2D eigenvalue weighted by Gasteiger charge is 2.33. The summed E-state index contributed by atoms with van der Waals surface area (Å²) in [6.45, 7) is 5.41. The van der Waals surface area contributed by atoms with Crippen LogP contribution >= 0.6 is 7.82 Å². The van der Waals surface area contributed by atoms with Gasteiger partial charge in [-0.25, -0.2) is 4.57 Å². The van der Waals surface area contributed by atoms with E-state index in [2.05, 4.69) is 16.0 Å². The predicted molar refractivity (Wildman–Crippen MR) is 196 cm³/mol. The molecule has 272 valence electrons. The summed E-state index contributed by atoms with van der Waals surface area (Å²) in [5.74, 6) is -0.462. The van der Waals surface area contributed by atoms with Crippen LogP contribution in [0.2, 0.25) is 0 Å². The molecule has 0 bridgehead atoms. The third-order valence-electron chi connectivity index (χ3n) is 8.08. The van der Waals surface area contributed by atoms with E-state index in [9.17, 15) is 18.9 Å². The average molecular weight is 708 g/mol. The molecule has 0 spiro atoms. The summed E-state index contributed by atoms with van der Waals surface area (Å²) in [5.41, 5.74) is 2.29. The van der Waals surface area contributed by atoms with Crippen LogP contribution in [0.25, 0.3) is 0 Å². The third-order valence-corrected chi connectivity index (χ3v) is 9.48. The number of rotatable bonds is 24. The monoisotopic (exact) mass is 707 g/mol. The van der Waals surface area contributed by atoms with Crippen molar-refractivity contribution in [1.29, 1.82) is 0 Å². The summed E-state index contributed by atoms with van der Waals surface area (Å²) in [6, 6.07) is 25.9. The van der Waals surface area contributed by atoms with Crippen LogP contribution in [0.15, 0.2) is 91.0 Å². The summed E-state index contributed by atoms with van der Waals surface area (Å²) in [7, 11) is -4.39. The zero-order valence-electron chi connectivity index (χ0n) is 29.7. The molecule has 0 radical (unpaired) electrons. The Labute approximate surface area is 297 Å². The van der Waals surface area contributed by atoms with Crippen LogP contribution in [0.4, 0.5) is 0 Å². The van der Waals surface area contributed by atoms with Crippen molar-refractivity contribution in [1.82, 2.24) is 16.0 Å². The Bertz CT molecular complexity index is 1290. The summed E-state index contributed by atoms with van der Waals surface area (Å²) < 4.78 is 32.7. The van der Waals surface area contributed by atoms with Gasteiger partial charge in [-0.3, -0.25) is 28.0 Å². The highest BCUT2D eigenvalue weighted by molar-refractivity contribution is 7.48. The van der Waals surface area contributed by atoms with Crippen LogP contribution in [-0.2, 0) is 32.5 Å². The maximum Gasteiger partial charge on any atom is 0.475 e. The van der Waals surface area contributed by atoms with Crippen molar-refractivity contribution in [2.24, 2.45) is 0 Å². The molecule has 3 atom stereocenters. The number of phosphoric ester groups is 1. The molecule has 3 rings (SSSR count). The predicted octanol–water partition coefficient (Wildman–Crippen LogP) is 8.29. The summed E-state index contributed by atoms with van der Waals surface area (Å²) >= 11 is 0. The number of amides is 3. The van der Waals surface area contributed by atoms with Gasteiger partial charge in [-0.1, -0.05) is 131 Å². The molecule has 0 saturated heterocycles. The van der Waals surface area contributed by atoms with Gasteiger partial charge in [0.25, 0.3) is 0 Å². The molecule has 0 aliphatic heterocycles. The SMILES string of the molecule is CCCCC(=O)N[C@@H](COP(=O)(OC[C@H](NC(=O)CCCC)c1ccccc1)OC[C@H](NC(=O)CCCC)c1ccccc1)c1ccccc1. The van der Waals surface area contributed by atoms with E-state index in [-0.39, 0.29) is 37.5 Å². The van der Waals surface area contributed by atoms with Crippen LogP contribution < -0.4 is 16.0 Å². The number of unbranched alkanes of at least 4 members (excludes halogenated alkanes) is 3. The lowest BCUT2D eigenvalue weighted by Gasteiger charge is -2.27. The molecule has 50 heavy (non-hydrogen) atoms. The third kappa shape index (κ3) is 15.0. The van der Waals surface area contributed by atoms with Crippen molar-refractivity contribution < 1.29 is 32.5 Å². The maximum atomic E-state index is 14.6. The molecule has 3 amide bonds. The Kier molecular flexibility index (Phi) is 18.5. The topological polar surface area (TPSA) is 132 Å². The van der Waals surface area contributed by atoms with Gasteiger partial charge in [0.1, 0.15) is 0 Å². The van der Waals surface area contributed by atoms with E-state index in [1.165, 1.54) is 0 Å². The van der Waals surface area contributed by atoms with Crippen molar-refractivity contribution in [3.63, 3.8) is 0 Å². The largest absolute Gasteiger partial charge is 0.475 e. The quantitative estimate of drug-likeness (QED) is 0.0799. The van der Waals surface area contributed by atoms with Crippen molar-refractivity contribution in [2.75, 3.05) is 19.8 Å². The molecule has 3 N–H and O–H groups in total. The van der Waals surface area contributed by atoms with Gasteiger partial charge in [-0.15, -0.1) is 0 Å². The van der Waals surface area contributed by atoms with E-state index in [0.717, 1.165) is 55.2 Å². The second-order valence-electron chi connectivity index (χ2n) is 12.2. The van der Waals surface area contributed by atoms with E-state index in [1.54, 1.807) is 0 Å². The molecule has 10 nitrogen and oxygen atoms in total. The molecular weight excluding hydrogens is 653 g/mol. The lowest BCUT2D eigenvalue weighted by molar-refractivity contribution is -0.122. The number of phosphoric acid groups is 1. The number of nitrogens with one attached hydrogen (secondary N) is 3. The number of hydrogen-bond acceptors (Lipinski definition) is 7. The summed E-state index contributed by atoms with van der Waals surface area (Å²) in [4.78, 5) is 38.5. The normalized spacial score (nSPS) is 13.2. The Morgan fingerprint density at radius 1 is 0.500 bits per heavy atom. The van der Waals surface area contributed by atoms with E-state index in [4.69, 9.17) is 13.6 Å². The van der Waals surface area contributed by atoms with Crippen molar-refractivity contribution in [2.45, 2.75) is 96.7 Å². The minimum absolute atomic E-state index is 0.154. The number of carbonyl (C=O) groups is 3. The van der Waals surface area contributed by atoms with Gasteiger partial charge in [0, 0.05) is 19.3 Å². The molecule has 0 unspecified atom stereocenters. The second-order valence-corrected chi connectivity index (χ2v) is 13.9. The van der Waals surface area contributed by atoms with Crippen LogP contribution in [0, 0.1) is 0 Å². The Balaban J connectivity index is 1.89. The van der Waals surface area contributed by atoms with Crippen LogP contribution in [0.5, 0.6) is 0 Å². The zero-order chi connectivity index (χ0) is 36.0. The molecule has 3 aromatic rings. The van der Waals surface area contributed by atoms with Crippen molar-refractivity contribution in [3.05, 3.63) is 108 Å². The number of hydrogen-bond donors (Lipinski definition) is 3. The fraction of sp³-hybridized carbons (Fsp3) is 0.462. The van der Waals surface area contributed by atoms with Gasteiger partial charge in [0.15, 0.2) is 0 Å². The summed E-state index contributed by atoms with van der Waals surface area (Å²) in [5, 5.41) is 9.01. The van der Waals surface area contributed by atoms with Crippen molar-refractivity contribution >= 4 is 25.5 Å². The smallest absolute Gasteiger partial charge is 0.347 e. The minimum atomic E-state index is -4.39. The molecule has 3 aromatic carbocycles. The van der Waals surface area contributed by atoms with E-state index < -0.39 is 25.9 Å². The van der Waals surface area contributed by atoms with Crippen molar-refractivity contribution in [3.8, 4) is 0 Å². The van der Waals surface area contributed by atoms with Crippen LogP contribution in [0.1, 0.15) is 113 Å². The number of benzene rings is 3. The Hall–Kier alpha value is -3.82. The van der Waals surface area contributed by atoms with Gasteiger partial charge < -0.3 is 16.0 Å². The molecule has 0 saturated carbocycles. The molecule has 0 fully saturated rings. The minimum Gasteiger partial charge on any atom is -0.347 e. The first-order chi connectivity index (χ1) is 24.3. The zero-order valence-corrected chi connectivity index (χ0v) is 30.6. The lowest BCUT2D eigenvalue weighted by Crippen LogP contribution is -2.33. The first kappa shape index (κ1) is 40.6. The van der Waals surface area contributed by atoms with Gasteiger partial charge in [-0.2, -0.15) is 0 Å². The second kappa shape index (κ2) is 22.8. The lowest BCUT2D eigenvalue weighted by atomic mass is 10.1. The fourth-order valence-electron chi connectivity index (χ4n) is 5.14. The maximum absolute atomic E-state index is 14.6. The fourth-order valence-corrected chi connectivity index (χ4v) is 6.36. The average Bonchev–Trinajstić information content (AvgIpc) is 3.15.